The van der Waals surface area contributed by atoms with Crippen molar-refractivity contribution in [2.45, 2.75) is 31.8 Å². The zero-order valence-corrected chi connectivity index (χ0v) is 16.2. The first-order valence-corrected chi connectivity index (χ1v) is 9.50. The first kappa shape index (κ1) is 19.5. The summed E-state index contributed by atoms with van der Waals surface area (Å²) in [6.45, 7) is 4.29. The Bertz CT molecular complexity index is 788. The fourth-order valence-electron chi connectivity index (χ4n) is 3.72. The van der Waals surface area contributed by atoms with Gasteiger partial charge in [-0.15, -0.1) is 10.2 Å². The van der Waals surface area contributed by atoms with Gasteiger partial charge in [-0.2, -0.15) is 5.26 Å². The second-order valence-corrected chi connectivity index (χ2v) is 7.31. The van der Waals surface area contributed by atoms with Crippen molar-refractivity contribution in [2.75, 3.05) is 33.3 Å². The minimum Gasteiger partial charge on any atom is -0.395 e. The predicted octanol–water partition coefficient (Wildman–Crippen LogP) is 1.49. The highest BCUT2D eigenvalue weighted by Crippen LogP contribution is 2.28. The second-order valence-electron chi connectivity index (χ2n) is 7.31. The molecule has 1 aromatic carbocycles. The Balaban J connectivity index is 1.58. The molecule has 0 aliphatic carbocycles. The summed E-state index contributed by atoms with van der Waals surface area (Å²) in [5.41, 5.74) is 1.87. The van der Waals surface area contributed by atoms with Gasteiger partial charge < -0.3 is 9.67 Å². The highest BCUT2D eigenvalue weighted by atomic mass is 16.3. The van der Waals surface area contributed by atoms with Gasteiger partial charge in [0.05, 0.1) is 24.8 Å². The molecule has 7 heteroatoms. The number of aliphatic hydroxyl groups is 1. The standard InChI is InChI=1S/C20H28N6O/c1-24(11-12-27)15-19-22-23-20(25(19)2)16-7-9-26(10-8-16)14-18-6-4-3-5-17(18)13-21/h3-6,16,27H,7-12,14-15H2,1-2H3. The van der Waals surface area contributed by atoms with E-state index < -0.39 is 0 Å². The number of hydrogen-bond donors (Lipinski definition) is 1. The normalized spacial score (nSPS) is 16.0. The average molecular weight is 368 g/mol. The van der Waals surface area contributed by atoms with Crippen molar-refractivity contribution in [3.63, 3.8) is 0 Å². The Labute approximate surface area is 160 Å². The zero-order valence-electron chi connectivity index (χ0n) is 16.2. The van der Waals surface area contributed by atoms with E-state index in [1.807, 2.05) is 43.3 Å². The van der Waals surface area contributed by atoms with Crippen LogP contribution >= 0.6 is 0 Å². The summed E-state index contributed by atoms with van der Waals surface area (Å²) in [5, 5.41) is 27.1. The summed E-state index contributed by atoms with van der Waals surface area (Å²) >= 11 is 0. The van der Waals surface area contributed by atoms with E-state index in [2.05, 4.69) is 25.7 Å². The van der Waals surface area contributed by atoms with Gasteiger partial charge >= 0.3 is 0 Å². The molecular weight excluding hydrogens is 340 g/mol. The van der Waals surface area contributed by atoms with Crippen LogP contribution in [-0.4, -0.2) is 63.0 Å². The molecule has 1 N–H and O–H groups in total. The SMILES string of the molecule is CN(CCO)Cc1nnc(C2CCN(Cc3ccccc3C#N)CC2)n1C. The van der Waals surface area contributed by atoms with Crippen LogP contribution in [-0.2, 0) is 20.1 Å². The molecule has 0 unspecified atom stereocenters. The second kappa shape index (κ2) is 9.09. The smallest absolute Gasteiger partial charge is 0.146 e. The lowest BCUT2D eigenvalue weighted by Gasteiger charge is -2.31. The van der Waals surface area contributed by atoms with Gasteiger partial charge in [0.25, 0.3) is 0 Å². The van der Waals surface area contributed by atoms with Crippen LogP contribution < -0.4 is 0 Å². The predicted molar refractivity (Wildman–Crippen MR) is 103 cm³/mol. The van der Waals surface area contributed by atoms with Crippen LogP contribution in [0.1, 0.15) is 41.5 Å². The number of rotatable bonds is 7. The Morgan fingerprint density at radius 3 is 2.70 bits per heavy atom. The number of nitriles is 1. The van der Waals surface area contributed by atoms with Gasteiger partial charge in [0.2, 0.25) is 0 Å². The molecule has 27 heavy (non-hydrogen) atoms. The zero-order chi connectivity index (χ0) is 19.2. The number of nitrogens with zero attached hydrogens (tertiary/aromatic N) is 6. The van der Waals surface area contributed by atoms with Crippen molar-refractivity contribution in [3.05, 3.63) is 47.0 Å². The average Bonchev–Trinajstić information content (AvgIpc) is 3.03. The number of likely N-dealkylation sites (N-methyl/N-ethyl adjacent to an activating group) is 1. The van der Waals surface area contributed by atoms with Crippen molar-refractivity contribution in [2.24, 2.45) is 7.05 Å². The molecule has 0 radical (unpaired) electrons. The van der Waals surface area contributed by atoms with E-state index in [0.717, 1.165) is 55.3 Å². The van der Waals surface area contributed by atoms with Crippen molar-refractivity contribution in [1.82, 2.24) is 24.6 Å². The van der Waals surface area contributed by atoms with E-state index in [0.29, 0.717) is 19.0 Å². The molecule has 1 aromatic heterocycles. The molecule has 2 heterocycles. The molecular formula is C20H28N6O. The van der Waals surface area contributed by atoms with Crippen LogP contribution in [0.4, 0.5) is 0 Å². The van der Waals surface area contributed by atoms with Crippen LogP contribution in [0.15, 0.2) is 24.3 Å². The number of hydrogen-bond acceptors (Lipinski definition) is 6. The van der Waals surface area contributed by atoms with E-state index in [1.54, 1.807) is 0 Å². The van der Waals surface area contributed by atoms with Crippen molar-refractivity contribution in [3.8, 4) is 6.07 Å². The Hall–Kier alpha value is -2.27. The van der Waals surface area contributed by atoms with Gasteiger partial charge in [0, 0.05) is 26.1 Å². The molecule has 7 nitrogen and oxygen atoms in total. The summed E-state index contributed by atoms with van der Waals surface area (Å²) in [6, 6.07) is 10.1. The largest absolute Gasteiger partial charge is 0.395 e. The quantitative estimate of drug-likeness (QED) is 0.797. The Morgan fingerprint density at radius 1 is 1.26 bits per heavy atom. The van der Waals surface area contributed by atoms with Crippen LogP contribution in [0.5, 0.6) is 0 Å². The van der Waals surface area contributed by atoms with E-state index in [4.69, 9.17) is 5.11 Å². The van der Waals surface area contributed by atoms with E-state index in [9.17, 15) is 5.26 Å². The molecule has 1 aliphatic heterocycles. The van der Waals surface area contributed by atoms with Gasteiger partial charge in [-0.25, -0.2) is 0 Å². The summed E-state index contributed by atoms with van der Waals surface area (Å²) in [5.74, 6) is 2.41. The Kier molecular flexibility index (Phi) is 6.56. The first-order chi connectivity index (χ1) is 13.1. The molecule has 0 atom stereocenters. The van der Waals surface area contributed by atoms with Crippen molar-refractivity contribution in [1.29, 1.82) is 5.26 Å². The molecule has 0 spiro atoms. The number of aliphatic hydroxyl groups excluding tert-OH is 1. The van der Waals surface area contributed by atoms with Crippen molar-refractivity contribution < 1.29 is 5.11 Å². The van der Waals surface area contributed by atoms with Crippen LogP contribution in [0.2, 0.25) is 0 Å². The van der Waals surface area contributed by atoms with Crippen LogP contribution in [0, 0.1) is 11.3 Å². The van der Waals surface area contributed by atoms with Crippen molar-refractivity contribution >= 4 is 0 Å². The lowest BCUT2D eigenvalue weighted by atomic mass is 9.95. The molecule has 1 aliphatic rings. The molecule has 0 amide bonds. The fourth-order valence-corrected chi connectivity index (χ4v) is 3.72. The number of benzene rings is 1. The summed E-state index contributed by atoms with van der Waals surface area (Å²) in [6.07, 6.45) is 2.10. The van der Waals surface area contributed by atoms with E-state index in [-0.39, 0.29) is 6.61 Å². The lowest BCUT2D eigenvalue weighted by Crippen LogP contribution is -2.33. The number of likely N-dealkylation sites (tertiary alicyclic amines) is 1. The third-order valence-electron chi connectivity index (χ3n) is 5.38. The molecule has 1 fully saturated rings. The molecule has 0 bridgehead atoms. The van der Waals surface area contributed by atoms with Crippen LogP contribution in [0.3, 0.4) is 0 Å². The maximum Gasteiger partial charge on any atom is 0.146 e. The molecule has 2 aromatic rings. The number of aromatic nitrogens is 3. The maximum atomic E-state index is 9.26. The molecule has 1 saturated heterocycles. The minimum atomic E-state index is 0.147. The molecule has 3 rings (SSSR count). The molecule has 0 saturated carbocycles. The minimum absolute atomic E-state index is 0.147. The van der Waals surface area contributed by atoms with Gasteiger partial charge in [-0.1, -0.05) is 18.2 Å². The highest BCUT2D eigenvalue weighted by molar-refractivity contribution is 5.37. The Morgan fingerprint density at radius 2 is 2.00 bits per heavy atom. The maximum absolute atomic E-state index is 9.26. The molecule has 144 valence electrons. The fraction of sp³-hybridized carbons (Fsp3) is 0.550. The van der Waals surface area contributed by atoms with E-state index in [1.165, 1.54) is 0 Å². The first-order valence-electron chi connectivity index (χ1n) is 9.50. The third kappa shape index (κ3) is 4.72. The summed E-state index contributed by atoms with van der Waals surface area (Å²) in [4.78, 5) is 4.46. The van der Waals surface area contributed by atoms with E-state index >= 15 is 0 Å². The monoisotopic (exact) mass is 368 g/mol. The van der Waals surface area contributed by atoms with Crippen LogP contribution in [0.25, 0.3) is 0 Å². The third-order valence-corrected chi connectivity index (χ3v) is 5.38. The highest BCUT2D eigenvalue weighted by Gasteiger charge is 2.25. The van der Waals surface area contributed by atoms with Gasteiger partial charge in [-0.3, -0.25) is 9.80 Å². The number of piperidine rings is 1. The van der Waals surface area contributed by atoms with Gasteiger partial charge in [-0.05, 0) is 44.6 Å². The van der Waals surface area contributed by atoms with Gasteiger partial charge in [0.15, 0.2) is 0 Å². The van der Waals surface area contributed by atoms with Gasteiger partial charge in [0.1, 0.15) is 11.6 Å². The summed E-state index contributed by atoms with van der Waals surface area (Å²) in [7, 11) is 4.01. The topological polar surface area (TPSA) is 81.2 Å². The lowest BCUT2D eigenvalue weighted by molar-refractivity contribution is 0.199. The summed E-state index contributed by atoms with van der Waals surface area (Å²) < 4.78 is 2.11.